The van der Waals surface area contributed by atoms with Crippen LogP contribution in [0.3, 0.4) is 0 Å². The number of ether oxygens (including phenoxy) is 1. The molecule has 1 aromatic heterocycles. The molecule has 0 aliphatic carbocycles. The van der Waals surface area contributed by atoms with Gasteiger partial charge < -0.3 is 9.72 Å². The summed E-state index contributed by atoms with van der Waals surface area (Å²) in [5.41, 5.74) is -5.56. The Kier molecular flexibility index (Phi) is 6.10. The van der Waals surface area contributed by atoms with Gasteiger partial charge in [-0.3, -0.25) is 30.0 Å². The second-order valence-corrected chi connectivity index (χ2v) is 6.34. The minimum Gasteiger partial charge on any atom is -0.449 e. The summed E-state index contributed by atoms with van der Waals surface area (Å²) >= 11 is 0. The molecule has 0 aliphatic rings. The Hall–Kier alpha value is -4.75. The van der Waals surface area contributed by atoms with E-state index in [1.807, 2.05) is 0 Å². The van der Waals surface area contributed by atoms with Gasteiger partial charge in [0.2, 0.25) is 5.75 Å². The first-order valence-electron chi connectivity index (χ1n) is 8.79. The van der Waals surface area contributed by atoms with Crippen LogP contribution in [-0.2, 0) is 6.18 Å². The number of nitrogens with one attached hydrogen (secondary N) is 2. The number of nitro benzene ring substituents is 1. The number of nitro groups is 2. The molecular weight excluding hydrogens is 453 g/mol. The van der Waals surface area contributed by atoms with E-state index in [-0.39, 0.29) is 11.3 Å². The lowest BCUT2D eigenvalue weighted by molar-refractivity contribution is -0.386. The van der Waals surface area contributed by atoms with Crippen molar-refractivity contribution in [1.29, 1.82) is 0 Å². The number of rotatable bonds is 6. The number of aromatic amines is 2. The highest BCUT2D eigenvalue weighted by Gasteiger charge is 2.33. The van der Waals surface area contributed by atoms with Crippen molar-refractivity contribution in [1.82, 2.24) is 9.97 Å². The molecule has 0 fully saturated rings. The number of H-pyrrole nitrogens is 2. The number of aromatic nitrogens is 2. The zero-order chi connectivity index (χ0) is 24.3. The molecule has 0 aliphatic heterocycles. The lowest BCUT2D eigenvalue weighted by Gasteiger charge is -2.11. The van der Waals surface area contributed by atoms with Crippen molar-refractivity contribution in [2.45, 2.75) is 6.18 Å². The van der Waals surface area contributed by atoms with E-state index in [0.717, 1.165) is 12.1 Å². The summed E-state index contributed by atoms with van der Waals surface area (Å²) in [5, 5.41) is 22.4. The summed E-state index contributed by atoms with van der Waals surface area (Å²) in [6.07, 6.45) is -2.55. The van der Waals surface area contributed by atoms with E-state index in [1.165, 1.54) is 30.3 Å². The van der Waals surface area contributed by atoms with Gasteiger partial charge in [-0.15, -0.1) is 0 Å². The van der Waals surface area contributed by atoms with Gasteiger partial charge in [0.25, 0.3) is 0 Å². The van der Waals surface area contributed by atoms with Crippen LogP contribution in [-0.4, -0.2) is 19.8 Å². The molecule has 3 aromatic rings. The third kappa shape index (κ3) is 5.12. The zero-order valence-electron chi connectivity index (χ0n) is 16.1. The van der Waals surface area contributed by atoms with Crippen LogP contribution in [0.2, 0.25) is 0 Å². The van der Waals surface area contributed by atoms with Crippen LogP contribution < -0.4 is 16.0 Å². The van der Waals surface area contributed by atoms with Gasteiger partial charge in [-0.25, -0.2) is 4.79 Å². The van der Waals surface area contributed by atoms with E-state index in [2.05, 4.69) is 4.98 Å². The number of hydrogen-bond donors (Lipinski definition) is 2. The molecule has 0 bridgehead atoms. The van der Waals surface area contributed by atoms with E-state index in [4.69, 9.17) is 4.74 Å². The van der Waals surface area contributed by atoms with Crippen LogP contribution in [0.4, 0.5) is 24.5 Å². The number of alkyl halides is 3. The average Bonchev–Trinajstić information content (AvgIpc) is 2.71. The number of nitrogens with zero attached hydrogens (tertiary/aromatic N) is 2. The average molecular weight is 464 g/mol. The molecule has 33 heavy (non-hydrogen) atoms. The third-order valence-corrected chi connectivity index (χ3v) is 4.18. The molecule has 0 unspecified atom stereocenters. The van der Waals surface area contributed by atoms with E-state index in [1.54, 1.807) is 4.98 Å². The fraction of sp³-hybridized carbons (Fsp3) is 0.0526. The molecular formula is C19H11F3N4O7. The molecule has 0 atom stereocenters. The molecule has 0 saturated carbocycles. The summed E-state index contributed by atoms with van der Waals surface area (Å²) in [7, 11) is 0. The highest BCUT2D eigenvalue weighted by Crippen LogP contribution is 2.38. The third-order valence-electron chi connectivity index (χ3n) is 4.18. The van der Waals surface area contributed by atoms with Crippen LogP contribution in [0.15, 0.2) is 52.1 Å². The Morgan fingerprint density at radius 3 is 2.24 bits per heavy atom. The number of para-hydroxylation sites is 1. The summed E-state index contributed by atoms with van der Waals surface area (Å²) < 4.78 is 44.1. The topological polar surface area (TPSA) is 161 Å². The van der Waals surface area contributed by atoms with Gasteiger partial charge in [-0.1, -0.05) is 18.2 Å². The summed E-state index contributed by atoms with van der Waals surface area (Å²) in [4.78, 5) is 47.4. The molecule has 0 spiro atoms. The van der Waals surface area contributed by atoms with Gasteiger partial charge in [0.1, 0.15) is 11.4 Å². The second-order valence-electron chi connectivity index (χ2n) is 6.34. The Labute approximate surface area is 180 Å². The quantitative estimate of drug-likeness (QED) is 0.413. The molecule has 11 nitrogen and oxygen atoms in total. The van der Waals surface area contributed by atoms with Crippen LogP contribution in [0.25, 0.3) is 12.2 Å². The van der Waals surface area contributed by atoms with Crippen molar-refractivity contribution < 1.29 is 27.8 Å². The minimum atomic E-state index is -4.80. The molecule has 14 heteroatoms. The van der Waals surface area contributed by atoms with Gasteiger partial charge >= 0.3 is 28.8 Å². The fourth-order valence-corrected chi connectivity index (χ4v) is 2.72. The number of halogens is 3. The summed E-state index contributed by atoms with van der Waals surface area (Å²) in [6.45, 7) is 0. The Bertz CT molecular complexity index is 1390. The van der Waals surface area contributed by atoms with E-state index in [9.17, 15) is 43.0 Å². The first-order chi connectivity index (χ1) is 15.5. The van der Waals surface area contributed by atoms with Crippen molar-refractivity contribution in [3.05, 3.63) is 100 Å². The second kappa shape index (κ2) is 8.78. The molecule has 0 saturated heterocycles. The normalized spacial score (nSPS) is 11.5. The smallest absolute Gasteiger partial charge is 0.416 e. The largest absolute Gasteiger partial charge is 0.449 e. The maximum absolute atomic E-state index is 12.9. The number of benzene rings is 2. The van der Waals surface area contributed by atoms with E-state index in [0.29, 0.717) is 12.1 Å². The SMILES string of the molecule is O=c1[nH]c(/C=C\c2ccccc2Oc2ccc(C(F)(F)F)cc2[N+](=O)[O-])c([N+](=O)[O-])c(=O)[nH]1. The monoisotopic (exact) mass is 464 g/mol. The molecule has 3 rings (SSSR count). The van der Waals surface area contributed by atoms with Crippen molar-refractivity contribution in [2.24, 2.45) is 0 Å². The van der Waals surface area contributed by atoms with Crippen LogP contribution in [0.5, 0.6) is 11.5 Å². The van der Waals surface area contributed by atoms with E-state index < -0.39 is 55.7 Å². The van der Waals surface area contributed by atoms with Crippen LogP contribution in [0, 0.1) is 20.2 Å². The fourth-order valence-electron chi connectivity index (χ4n) is 2.72. The standard InChI is InChI=1S/C19H11F3N4O7/c20-19(21,22)11-6-8-15(13(9-11)25(29)30)33-14-4-2-1-3-10(14)5-7-12-16(26(31)32)17(27)24-18(28)23-12/h1-9H,(H2,23,24,27,28)/b7-5-. The van der Waals surface area contributed by atoms with Crippen molar-refractivity contribution >= 4 is 23.5 Å². The van der Waals surface area contributed by atoms with Gasteiger partial charge in [0.15, 0.2) is 0 Å². The van der Waals surface area contributed by atoms with Crippen LogP contribution >= 0.6 is 0 Å². The minimum absolute atomic E-state index is 0.0496. The highest BCUT2D eigenvalue weighted by molar-refractivity contribution is 5.74. The Morgan fingerprint density at radius 1 is 0.909 bits per heavy atom. The predicted octanol–water partition coefficient (Wildman–Crippen LogP) is 3.86. The van der Waals surface area contributed by atoms with E-state index >= 15 is 0 Å². The highest BCUT2D eigenvalue weighted by atomic mass is 19.4. The van der Waals surface area contributed by atoms with Crippen molar-refractivity contribution in [2.75, 3.05) is 0 Å². The lowest BCUT2D eigenvalue weighted by atomic mass is 10.1. The maximum Gasteiger partial charge on any atom is 0.416 e. The number of hydrogen-bond acceptors (Lipinski definition) is 7. The van der Waals surface area contributed by atoms with Crippen molar-refractivity contribution in [3.8, 4) is 11.5 Å². The lowest BCUT2D eigenvalue weighted by Crippen LogP contribution is -2.25. The Morgan fingerprint density at radius 2 is 1.61 bits per heavy atom. The van der Waals surface area contributed by atoms with Crippen molar-refractivity contribution in [3.63, 3.8) is 0 Å². The molecule has 0 radical (unpaired) electrons. The van der Waals surface area contributed by atoms with Gasteiger partial charge in [-0.2, -0.15) is 13.2 Å². The first-order valence-corrected chi connectivity index (χ1v) is 8.79. The maximum atomic E-state index is 12.9. The van der Waals surface area contributed by atoms with Gasteiger partial charge in [0.05, 0.1) is 15.4 Å². The Balaban J connectivity index is 2.03. The molecule has 1 heterocycles. The summed E-state index contributed by atoms with van der Waals surface area (Å²) in [6, 6.07) is 7.50. The van der Waals surface area contributed by atoms with Crippen LogP contribution in [0.1, 0.15) is 16.8 Å². The molecule has 2 aromatic carbocycles. The molecule has 170 valence electrons. The van der Waals surface area contributed by atoms with Gasteiger partial charge in [-0.05, 0) is 30.4 Å². The molecule has 0 amide bonds. The zero-order valence-corrected chi connectivity index (χ0v) is 16.1. The first kappa shape index (κ1) is 22.9. The molecule has 2 N–H and O–H groups in total. The predicted molar refractivity (Wildman–Crippen MR) is 108 cm³/mol. The van der Waals surface area contributed by atoms with Gasteiger partial charge in [0, 0.05) is 11.6 Å². The summed E-state index contributed by atoms with van der Waals surface area (Å²) in [5.74, 6) is -0.532.